The summed E-state index contributed by atoms with van der Waals surface area (Å²) in [6, 6.07) is 1.40. The average molecular weight is 320 g/mol. The van der Waals surface area contributed by atoms with Gasteiger partial charge in [-0.1, -0.05) is 0 Å². The molecule has 0 aromatic carbocycles. The molecular formula is C10H8BrF2N3O2. The molecule has 5 nitrogen and oxygen atoms in total. The lowest BCUT2D eigenvalue weighted by atomic mass is 10.4. The van der Waals surface area contributed by atoms with Crippen molar-refractivity contribution in [2.24, 2.45) is 0 Å². The monoisotopic (exact) mass is 319 g/mol. The van der Waals surface area contributed by atoms with E-state index in [0.717, 1.165) is 4.57 Å². The Morgan fingerprint density at radius 1 is 1.56 bits per heavy atom. The molecule has 18 heavy (non-hydrogen) atoms. The van der Waals surface area contributed by atoms with Crippen molar-refractivity contribution in [3.63, 3.8) is 0 Å². The van der Waals surface area contributed by atoms with Gasteiger partial charge in [0.25, 0.3) is 0 Å². The molecule has 0 unspecified atom stereocenters. The summed E-state index contributed by atoms with van der Waals surface area (Å²) in [5, 5.41) is 8.82. The van der Waals surface area contributed by atoms with E-state index < -0.39 is 12.5 Å². The van der Waals surface area contributed by atoms with Crippen LogP contribution in [-0.2, 0) is 6.54 Å². The molecule has 0 saturated heterocycles. The number of aromatic nitrogens is 3. The van der Waals surface area contributed by atoms with Gasteiger partial charge in [0.1, 0.15) is 5.82 Å². The van der Waals surface area contributed by atoms with Crippen LogP contribution < -0.4 is 0 Å². The Labute approximate surface area is 109 Å². The Balaban J connectivity index is 2.28. The predicted octanol–water partition coefficient (Wildman–Crippen LogP) is 2.59. The van der Waals surface area contributed by atoms with E-state index in [-0.39, 0.29) is 17.9 Å². The Bertz CT molecular complexity index is 579. The predicted molar refractivity (Wildman–Crippen MR) is 61.7 cm³/mol. The van der Waals surface area contributed by atoms with Crippen molar-refractivity contribution in [1.82, 2.24) is 14.1 Å². The molecule has 0 aliphatic carbocycles. The van der Waals surface area contributed by atoms with Crippen molar-refractivity contribution < 1.29 is 18.7 Å². The molecule has 2 heterocycles. The summed E-state index contributed by atoms with van der Waals surface area (Å²) in [7, 11) is 0. The maximum atomic E-state index is 12.6. The minimum Gasteiger partial charge on any atom is -0.478 e. The van der Waals surface area contributed by atoms with Gasteiger partial charge in [-0.2, -0.15) is 8.78 Å². The second kappa shape index (κ2) is 4.89. The first-order chi connectivity index (χ1) is 8.49. The molecule has 0 aliphatic heterocycles. The van der Waals surface area contributed by atoms with Gasteiger partial charge in [-0.3, -0.25) is 4.57 Å². The van der Waals surface area contributed by atoms with Crippen LogP contribution in [-0.4, -0.2) is 25.2 Å². The van der Waals surface area contributed by atoms with E-state index in [1.807, 2.05) is 0 Å². The number of imidazole rings is 1. The van der Waals surface area contributed by atoms with Crippen molar-refractivity contribution in [2.75, 3.05) is 0 Å². The second-order valence-corrected chi connectivity index (χ2v) is 4.33. The van der Waals surface area contributed by atoms with Gasteiger partial charge in [-0.25, -0.2) is 9.78 Å². The summed E-state index contributed by atoms with van der Waals surface area (Å²) < 4.78 is 27.9. The summed E-state index contributed by atoms with van der Waals surface area (Å²) >= 11 is 3.17. The van der Waals surface area contributed by atoms with Crippen LogP contribution in [0.4, 0.5) is 8.78 Å². The van der Waals surface area contributed by atoms with Crippen LogP contribution in [0.25, 0.3) is 0 Å². The van der Waals surface area contributed by atoms with Crippen LogP contribution in [0.1, 0.15) is 22.7 Å². The van der Waals surface area contributed by atoms with Gasteiger partial charge in [0.15, 0.2) is 0 Å². The second-order valence-electron chi connectivity index (χ2n) is 3.51. The number of carbonyl (C=O) groups is 1. The van der Waals surface area contributed by atoms with Crippen LogP contribution in [0, 0.1) is 0 Å². The lowest BCUT2D eigenvalue weighted by molar-refractivity contribution is 0.0663. The van der Waals surface area contributed by atoms with Crippen LogP contribution in [0.2, 0.25) is 0 Å². The molecule has 0 saturated carbocycles. The zero-order valence-corrected chi connectivity index (χ0v) is 10.5. The number of carboxylic acid groups (broad SMARTS) is 1. The number of halogens is 3. The molecule has 96 valence electrons. The number of nitrogens with zero attached hydrogens (tertiary/aromatic N) is 3. The lowest BCUT2D eigenvalue weighted by Gasteiger charge is -2.08. The Hall–Kier alpha value is -1.70. The molecule has 0 bridgehead atoms. The smallest absolute Gasteiger partial charge is 0.337 e. The van der Waals surface area contributed by atoms with Crippen LogP contribution in [0.3, 0.4) is 0 Å². The Morgan fingerprint density at radius 2 is 2.28 bits per heavy atom. The van der Waals surface area contributed by atoms with E-state index in [0.29, 0.717) is 4.60 Å². The Morgan fingerprint density at radius 3 is 2.83 bits per heavy atom. The minimum absolute atomic E-state index is 0.0607. The zero-order valence-electron chi connectivity index (χ0n) is 8.92. The molecule has 2 aromatic heterocycles. The van der Waals surface area contributed by atoms with Crippen LogP contribution in [0.5, 0.6) is 0 Å². The maximum absolute atomic E-state index is 12.6. The van der Waals surface area contributed by atoms with E-state index >= 15 is 0 Å². The maximum Gasteiger partial charge on any atom is 0.337 e. The third kappa shape index (κ3) is 2.42. The minimum atomic E-state index is -2.67. The number of hydrogen-bond donors (Lipinski definition) is 1. The highest BCUT2D eigenvalue weighted by Gasteiger charge is 2.14. The summed E-state index contributed by atoms with van der Waals surface area (Å²) in [6.45, 7) is -2.61. The summed E-state index contributed by atoms with van der Waals surface area (Å²) in [4.78, 5) is 14.6. The molecule has 0 aliphatic rings. The fraction of sp³-hybridized carbons (Fsp3) is 0.200. The fourth-order valence-electron chi connectivity index (χ4n) is 1.51. The van der Waals surface area contributed by atoms with E-state index in [9.17, 15) is 13.6 Å². The molecule has 0 amide bonds. The van der Waals surface area contributed by atoms with Gasteiger partial charge < -0.3 is 9.67 Å². The van der Waals surface area contributed by atoms with Gasteiger partial charge >= 0.3 is 12.5 Å². The van der Waals surface area contributed by atoms with Crippen LogP contribution >= 0.6 is 15.9 Å². The third-order valence-corrected chi connectivity index (χ3v) is 3.05. The quantitative estimate of drug-likeness (QED) is 0.942. The first kappa shape index (κ1) is 12.7. The number of alkyl halides is 2. The van der Waals surface area contributed by atoms with Crippen molar-refractivity contribution in [3.8, 4) is 0 Å². The molecule has 0 spiro atoms. The molecule has 0 atom stereocenters. The first-order valence-corrected chi connectivity index (χ1v) is 5.67. The van der Waals surface area contributed by atoms with Gasteiger partial charge in [0.05, 0.1) is 16.7 Å². The van der Waals surface area contributed by atoms with E-state index in [4.69, 9.17) is 5.11 Å². The highest BCUT2D eigenvalue weighted by Crippen LogP contribution is 2.19. The van der Waals surface area contributed by atoms with Gasteiger partial charge in [0, 0.05) is 18.6 Å². The topological polar surface area (TPSA) is 60.0 Å². The number of hydrogen-bond acceptors (Lipinski definition) is 2. The van der Waals surface area contributed by atoms with Gasteiger partial charge in [-0.15, -0.1) is 0 Å². The number of rotatable bonds is 4. The molecule has 2 aromatic rings. The molecular weight excluding hydrogens is 312 g/mol. The number of carboxylic acids is 1. The van der Waals surface area contributed by atoms with E-state index in [1.165, 1.54) is 29.2 Å². The first-order valence-electron chi connectivity index (χ1n) is 4.88. The number of aromatic carboxylic acids is 1. The van der Waals surface area contributed by atoms with Gasteiger partial charge in [0.2, 0.25) is 0 Å². The summed E-state index contributed by atoms with van der Waals surface area (Å²) in [5.74, 6) is -0.926. The van der Waals surface area contributed by atoms with Crippen molar-refractivity contribution in [3.05, 3.63) is 40.6 Å². The van der Waals surface area contributed by atoms with Crippen molar-refractivity contribution in [1.29, 1.82) is 0 Å². The van der Waals surface area contributed by atoms with Crippen molar-refractivity contribution in [2.45, 2.75) is 13.1 Å². The summed E-state index contributed by atoms with van der Waals surface area (Å²) in [6.07, 6.45) is 3.81. The Kier molecular flexibility index (Phi) is 3.46. The largest absolute Gasteiger partial charge is 0.478 e. The standard InChI is InChI=1S/C10H8BrF2N3O2/c11-7-3-6(9(17)18)4-15(7)5-8-14-1-2-16(8)10(12)13/h1-4,10H,5H2,(H,17,18). The van der Waals surface area contributed by atoms with Crippen LogP contribution in [0.15, 0.2) is 29.3 Å². The molecule has 1 N–H and O–H groups in total. The molecule has 2 rings (SSSR count). The molecule has 0 radical (unpaired) electrons. The zero-order chi connectivity index (χ0) is 13.3. The molecule has 0 fully saturated rings. The van der Waals surface area contributed by atoms with E-state index in [1.54, 1.807) is 0 Å². The lowest BCUT2D eigenvalue weighted by Crippen LogP contribution is -2.08. The highest BCUT2D eigenvalue weighted by atomic mass is 79.9. The summed E-state index contributed by atoms with van der Waals surface area (Å²) in [5.41, 5.74) is 0.0806. The van der Waals surface area contributed by atoms with Gasteiger partial charge in [-0.05, 0) is 22.0 Å². The van der Waals surface area contributed by atoms with Crippen molar-refractivity contribution >= 4 is 21.9 Å². The highest BCUT2D eigenvalue weighted by molar-refractivity contribution is 9.10. The normalized spacial score (nSPS) is 11.1. The average Bonchev–Trinajstić information content (AvgIpc) is 2.87. The molecule has 8 heteroatoms. The third-order valence-electron chi connectivity index (χ3n) is 2.36. The SMILES string of the molecule is O=C(O)c1cc(Br)n(Cc2nccn2C(F)F)c1. The fourth-order valence-corrected chi connectivity index (χ4v) is 1.99. The van der Waals surface area contributed by atoms with E-state index in [2.05, 4.69) is 20.9 Å².